The Bertz CT molecular complexity index is 899. The van der Waals surface area contributed by atoms with Crippen molar-refractivity contribution in [3.05, 3.63) is 35.0 Å². The topological polar surface area (TPSA) is 84.7 Å². The summed E-state index contributed by atoms with van der Waals surface area (Å²) in [4.78, 5) is 11.2. The van der Waals surface area contributed by atoms with Gasteiger partial charge in [0.25, 0.3) is 5.91 Å². The van der Waals surface area contributed by atoms with E-state index < -0.39 is 58.2 Å². The van der Waals surface area contributed by atoms with Crippen LogP contribution in [0.1, 0.15) is 21.6 Å². The second-order valence-electron chi connectivity index (χ2n) is 5.29. The predicted molar refractivity (Wildman–Crippen MR) is 70.2 cm³/mol. The van der Waals surface area contributed by atoms with Crippen molar-refractivity contribution in [2.24, 2.45) is 5.73 Å². The van der Waals surface area contributed by atoms with Gasteiger partial charge in [-0.2, -0.15) is 59.3 Å². The molecule has 1 aromatic carbocycles. The summed E-state index contributed by atoms with van der Waals surface area (Å²) in [6.45, 7) is 0. The van der Waals surface area contributed by atoms with E-state index >= 15 is 0 Å². The number of aromatic amines is 1. The van der Waals surface area contributed by atoms with Gasteiger partial charge in [-0.05, 0) is 12.1 Å². The summed E-state index contributed by atoms with van der Waals surface area (Å²) in [5.41, 5.74) is -2.54. The van der Waals surface area contributed by atoms with Crippen LogP contribution in [0.2, 0.25) is 0 Å². The van der Waals surface area contributed by atoms with Gasteiger partial charge in [0.1, 0.15) is 5.69 Å². The summed E-state index contributed by atoms with van der Waals surface area (Å²) < 4.78 is 131. The normalized spacial score (nSPS) is 13.6. The molecule has 1 aromatic heterocycles. The summed E-state index contributed by atoms with van der Waals surface area (Å²) in [5.74, 6) is -14.5. The lowest BCUT2D eigenvalue weighted by atomic mass is 9.93. The number of hydrogen-bond acceptors (Lipinski definition) is 3. The summed E-state index contributed by atoms with van der Waals surface area (Å²) in [7, 11) is 0. The number of halogens is 10. The molecule has 154 valence electrons. The zero-order valence-electron chi connectivity index (χ0n) is 12.9. The Morgan fingerprint density at radius 2 is 1.46 bits per heavy atom. The van der Waals surface area contributed by atoms with Crippen LogP contribution in [-0.2, 0) is 12.1 Å². The first-order chi connectivity index (χ1) is 12.5. The minimum absolute atomic E-state index is 0.148. The van der Waals surface area contributed by atoms with Crippen LogP contribution >= 0.6 is 0 Å². The molecule has 0 saturated carbocycles. The van der Waals surface area contributed by atoms with E-state index in [0.717, 1.165) is 0 Å². The lowest BCUT2D eigenvalue weighted by molar-refractivity contribution is -0.360. The molecule has 1 amide bonds. The molecule has 0 radical (unpaired) electrons. The fraction of sp³-hybridized carbons (Fsp3) is 0.308. The zero-order chi connectivity index (χ0) is 21.7. The lowest BCUT2D eigenvalue weighted by Gasteiger charge is -2.30. The van der Waals surface area contributed by atoms with Gasteiger partial charge in [0.15, 0.2) is 5.69 Å². The number of alkyl halides is 10. The maximum absolute atomic E-state index is 14.0. The number of benzene rings is 1. The monoisotopic (exact) mass is 424 g/mol. The average molecular weight is 424 g/mol. The Balaban J connectivity index is 2.80. The SMILES string of the molecule is NC(=O)c1n[nH]nc1-c1ccc(C(F)(F)F)c(C(F)(F)C(F)(F)C(F)(F)F)c1. The van der Waals surface area contributed by atoms with Crippen LogP contribution in [0.4, 0.5) is 43.9 Å². The first kappa shape index (κ1) is 21.4. The predicted octanol–water partition coefficient (Wildman–Crippen LogP) is 3.88. The Hall–Kier alpha value is -2.87. The third-order valence-electron chi connectivity index (χ3n) is 3.47. The summed E-state index contributed by atoms with van der Waals surface area (Å²) in [6, 6.07) is -0.00429. The van der Waals surface area contributed by atoms with Crippen molar-refractivity contribution in [1.82, 2.24) is 15.4 Å². The van der Waals surface area contributed by atoms with Crippen molar-refractivity contribution < 1.29 is 48.7 Å². The van der Waals surface area contributed by atoms with Gasteiger partial charge in [0.05, 0.1) is 5.56 Å². The molecule has 0 bridgehead atoms. The quantitative estimate of drug-likeness (QED) is 0.731. The summed E-state index contributed by atoms with van der Waals surface area (Å²) in [5, 5.41) is 8.25. The van der Waals surface area contributed by atoms with E-state index in [9.17, 15) is 48.7 Å². The van der Waals surface area contributed by atoms with Gasteiger partial charge in [0.2, 0.25) is 0 Å². The molecule has 0 fully saturated rings. The second kappa shape index (κ2) is 6.34. The van der Waals surface area contributed by atoms with Crippen molar-refractivity contribution in [2.45, 2.75) is 24.2 Å². The molecule has 0 saturated heterocycles. The number of hydrogen-bond donors (Lipinski definition) is 2. The van der Waals surface area contributed by atoms with E-state index in [0.29, 0.717) is 6.07 Å². The van der Waals surface area contributed by atoms with Crippen molar-refractivity contribution in [2.75, 3.05) is 0 Å². The number of H-pyrrole nitrogens is 1. The van der Waals surface area contributed by atoms with Gasteiger partial charge < -0.3 is 5.73 Å². The molecule has 0 spiro atoms. The van der Waals surface area contributed by atoms with Crippen LogP contribution in [0.25, 0.3) is 11.3 Å². The van der Waals surface area contributed by atoms with E-state index in [2.05, 4.69) is 10.2 Å². The van der Waals surface area contributed by atoms with Crippen LogP contribution in [0.5, 0.6) is 0 Å². The first-order valence-corrected chi connectivity index (χ1v) is 6.77. The second-order valence-corrected chi connectivity index (χ2v) is 5.29. The highest BCUT2D eigenvalue weighted by Crippen LogP contribution is 2.54. The third kappa shape index (κ3) is 3.35. The molecule has 0 aliphatic carbocycles. The Morgan fingerprint density at radius 3 is 1.93 bits per heavy atom. The number of nitrogens with two attached hydrogens (primary N) is 1. The highest BCUT2D eigenvalue weighted by atomic mass is 19.4. The molecule has 0 aliphatic rings. The molecule has 0 atom stereocenters. The smallest absolute Gasteiger partial charge is 0.364 e. The van der Waals surface area contributed by atoms with Crippen molar-refractivity contribution in [3.8, 4) is 11.3 Å². The standard InChI is InChI=1S/C13H6F10N4O/c14-10(15,12(19,20)13(21,22)23)6-3-4(1-2-5(6)11(16,17)18)7-8(9(24)28)26-27-25-7/h1-3H,(H2,24,28)(H,25,26,27). The van der Waals surface area contributed by atoms with Gasteiger partial charge >= 0.3 is 24.2 Å². The third-order valence-corrected chi connectivity index (χ3v) is 3.47. The van der Waals surface area contributed by atoms with Crippen LogP contribution in [0.15, 0.2) is 18.2 Å². The van der Waals surface area contributed by atoms with Crippen molar-refractivity contribution >= 4 is 5.91 Å². The number of aromatic nitrogens is 3. The fourth-order valence-corrected chi connectivity index (χ4v) is 2.15. The van der Waals surface area contributed by atoms with E-state index in [-0.39, 0.29) is 12.1 Å². The van der Waals surface area contributed by atoms with Gasteiger partial charge in [-0.3, -0.25) is 4.79 Å². The minimum atomic E-state index is -6.86. The molecule has 2 aromatic rings. The van der Waals surface area contributed by atoms with Gasteiger partial charge in [-0.1, -0.05) is 6.07 Å². The maximum atomic E-state index is 14.0. The van der Waals surface area contributed by atoms with E-state index in [1.54, 1.807) is 5.21 Å². The summed E-state index contributed by atoms with van der Waals surface area (Å²) >= 11 is 0. The maximum Gasteiger partial charge on any atom is 0.460 e. The van der Waals surface area contributed by atoms with E-state index in [4.69, 9.17) is 5.73 Å². The number of amides is 1. The Labute approximate surface area is 147 Å². The molecular weight excluding hydrogens is 418 g/mol. The number of nitrogens with zero attached hydrogens (tertiary/aromatic N) is 2. The van der Waals surface area contributed by atoms with Gasteiger partial charge in [0, 0.05) is 11.1 Å². The van der Waals surface area contributed by atoms with Crippen LogP contribution in [0, 0.1) is 0 Å². The largest absolute Gasteiger partial charge is 0.460 e. The molecule has 0 aliphatic heterocycles. The zero-order valence-corrected chi connectivity index (χ0v) is 12.9. The molecular formula is C13H6F10N4O. The molecule has 3 N–H and O–H groups in total. The van der Waals surface area contributed by atoms with Crippen molar-refractivity contribution in [1.29, 1.82) is 0 Å². The number of carbonyl (C=O) groups excluding carboxylic acids is 1. The molecule has 2 rings (SSSR count). The number of carbonyl (C=O) groups is 1. The average Bonchev–Trinajstić information content (AvgIpc) is 3.02. The molecule has 5 nitrogen and oxygen atoms in total. The van der Waals surface area contributed by atoms with E-state index in [1.807, 2.05) is 0 Å². The van der Waals surface area contributed by atoms with Gasteiger partial charge in [-0.25, -0.2) is 0 Å². The lowest BCUT2D eigenvalue weighted by Crippen LogP contribution is -2.50. The van der Waals surface area contributed by atoms with Crippen LogP contribution < -0.4 is 5.73 Å². The van der Waals surface area contributed by atoms with Crippen LogP contribution in [-0.4, -0.2) is 33.4 Å². The van der Waals surface area contributed by atoms with Crippen molar-refractivity contribution in [3.63, 3.8) is 0 Å². The van der Waals surface area contributed by atoms with E-state index in [1.165, 1.54) is 0 Å². The van der Waals surface area contributed by atoms with Crippen LogP contribution in [0.3, 0.4) is 0 Å². The highest BCUT2D eigenvalue weighted by Gasteiger charge is 2.74. The van der Waals surface area contributed by atoms with Gasteiger partial charge in [-0.15, -0.1) is 0 Å². The molecule has 0 unspecified atom stereocenters. The minimum Gasteiger partial charge on any atom is -0.364 e. The number of nitrogens with one attached hydrogen (secondary N) is 1. The first-order valence-electron chi connectivity index (χ1n) is 6.77. The Morgan fingerprint density at radius 1 is 0.893 bits per heavy atom. The number of primary amides is 1. The highest BCUT2D eigenvalue weighted by molar-refractivity contribution is 5.96. The fourth-order valence-electron chi connectivity index (χ4n) is 2.15. The molecule has 15 heteroatoms. The Kier molecular flexibility index (Phi) is 4.85. The summed E-state index contributed by atoms with van der Waals surface area (Å²) in [6.07, 6.45) is -12.6. The number of rotatable bonds is 4. The molecule has 28 heavy (non-hydrogen) atoms. The molecule has 1 heterocycles.